The fourth-order valence-electron chi connectivity index (χ4n) is 2.16. The quantitative estimate of drug-likeness (QED) is 0.562. The van der Waals surface area contributed by atoms with E-state index in [9.17, 15) is 14.9 Å². The van der Waals surface area contributed by atoms with Gasteiger partial charge in [-0.2, -0.15) is 0 Å². The van der Waals surface area contributed by atoms with Crippen LogP contribution in [0.1, 0.15) is 15.2 Å². The smallest absolute Gasteiger partial charge is 0.270 e. The maximum Gasteiger partial charge on any atom is 0.270 e. The molecule has 0 unspecified atom stereocenters. The Kier molecular flexibility index (Phi) is 4.27. The lowest BCUT2D eigenvalue weighted by molar-refractivity contribution is -0.384. The zero-order chi connectivity index (χ0) is 16.4. The van der Waals surface area contributed by atoms with Crippen molar-refractivity contribution in [1.82, 2.24) is 5.32 Å². The Morgan fingerprint density at radius 3 is 2.74 bits per heavy atom. The number of rotatable bonds is 4. The number of hydrogen-bond donors (Lipinski definition) is 1. The van der Waals surface area contributed by atoms with E-state index in [1.165, 1.54) is 23.5 Å². The summed E-state index contributed by atoms with van der Waals surface area (Å²) in [6, 6.07) is 13.5. The molecule has 0 radical (unpaired) electrons. The van der Waals surface area contributed by atoms with Gasteiger partial charge in [-0.25, -0.2) is 0 Å². The number of non-ortho nitro benzene ring substituents is 1. The molecule has 23 heavy (non-hydrogen) atoms. The van der Waals surface area contributed by atoms with Gasteiger partial charge in [-0.05, 0) is 23.8 Å². The van der Waals surface area contributed by atoms with E-state index in [4.69, 9.17) is 11.6 Å². The van der Waals surface area contributed by atoms with E-state index in [0.29, 0.717) is 21.8 Å². The van der Waals surface area contributed by atoms with Crippen molar-refractivity contribution < 1.29 is 9.72 Å². The maximum atomic E-state index is 12.2. The Hall–Kier alpha value is -2.44. The molecule has 0 spiro atoms. The molecule has 0 atom stereocenters. The van der Waals surface area contributed by atoms with Gasteiger partial charge >= 0.3 is 0 Å². The fourth-order valence-corrected chi connectivity index (χ4v) is 3.32. The predicted molar refractivity (Wildman–Crippen MR) is 91.1 cm³/mol. The van der Waals surface area contributed by atoms with Crippen LogP contribution in [-0.2, 0) is 6.54 Å². The van der Waals surface area contributed by atoms with Crippen LogP contribution in [0, 0.1) is 10.1 Å². The molecule has 0 fully saturated rings. The number of amides is 1. The second-order valence-corrected chi connectivity index (χ2v) is 6.35. The van der Waals surface area contributed by atoms with Crippen LogP contribution < -0.4 is 5.32 Å². The first-order chi connectivity index (χ1) is 11.0. The van der Waals surface area contributed by atoms with Crippen LogP contribution in [0.5, 0.6) is 0 Å². The van der Waals surface area contributed by atoms with Gasteiger partial charge in [-0.3, -0.25) is 14.9 Å². The molecule has 116 valence electrons. The second-order valence-electron chi connectivity index (χ2n) is 4.86. The summed E-state index contributed by atoms with van der Waals surface area (Å²) in [5, 5.41) is 14.9. The summed E-state index contributed by atoms with van der Waals surface area (Å²) in [5.41, 5.74) is 0.845. The summed E-state index contributed by atoms with van der Waals surface area (Å²) in [7, 11) is 0. The molecular formula is C16H11ClN2O3S. The molecule has 0 aliphatic heterocycles. The number of nitrogens with one attached hydrogen (secondary N) is 1. The van der Waals surface area contributed by atoms with Gasteiger partial charge in [-0.1, -0.05) is 29.8 Å². The number of halogens is 1. The number of carbonyl (C=O) groups is 1. The van der Waals surface area contributed by atoms with Crippen LogP contribution in [0.15, 0.2) is 48.5 Å². The average molecular weight is 347 g/mol. The SMILES string of the molecule is O=C(NCc1ccccc1Cl)c1cc2cc([N+](=O)[O-])ccc2s1. The van der Waals surface area contributed by atoms with Crippen LogP contribution in [0.3, 0.4) is 0 Å². The Morgan fingerprint density at radius 2 is 2.00 bits per heavy atom. The average Bonchev–Trinajstić information content (AvgIpc) is 2.97. The largest absolute Gasteiger partial charge is 0.347 e. The highest BCUT2D eigenvalue weighted by atomic mass is 35.5. The number of benzene rings is 2. The van der Waals surface area contributed by atoms with Crippen molar-refractivity contribution in [3.05, 3.63) is 74.1 Å². The van der Waals surface area contributed by atoms with Gasteiger partial charge < -0.3 is 5.32 Å². The number of thiophene rings is 1. The highest BCUT2D eigenvalue weighted by Crippen LogP contribution is 2.29. The number of nitro groups is 1. The van der Waals surface area contributed by atoms with Crippen LogP contribution in [0.4, 0.5) is 5.69 Å². The minimum atomic E-state index is -0.450. The van der Waals surface area contributed by atoms with Gasteiger partial charge in [-0.15, -0.1) is 11.3 Å². The van der Waals surface area contributed by atoms with Gasteiger partial charge in [0.1, 0.15) is 0 Å². The summed E-state index contributed by atoms with van der Waals surface area (Å²) >= 11 is 7.35. The van der Waals surface area contributed by atoms with Crippen molar-refractivity contribution in [1.29, 1.82) is 0 Å². The van der Waals surface area contributed by atoms with Gasteiger partial charge in [0, 0.05) is 33.8 Å². The highest BCUT2D eigenvalue weighted by molar-refractivity contribution is 7.20. The third kappa shape index (κ3) is 3.33. The molecule has 7 heteroatoms. The Bertz CT molecular complexity index is 907. The second kappa shape index (κ2) is 6.36. The number of carbonyl (C=O) groups excluding carboxylic acids is 1. The number of hydrogen-bond acceptors (Lipinski definition) is 4. The molecule has 0 bridgehead atoms. The first kappa shape index (κ1) is 15.5. The van der Waals surface area contributed by atoms with Crippen molar-refractivity contribution in [3.63, 3.8) is 0 Å². The van der Waals surface area contributed by atoms with Gasteiger partial charge in [0.25, 0.3) is 11.6 Å². The van der Waals surface area contributed by atoms with E-state index in [-0.39, 0.29) is 11.6 Å². The molecule has 0 saturated carbocycles. The van der Waals surface area contributed by atoms with E-state index in [2.05, 4.69) is 5.32 Å². The molecule has 0 saturated heterocycles. The molecule has 1 N–H and O–H groups in total. The van der Waals surface area contributed by atoms with Gasteiger partial charge in [0.05, 0.1) is 9.80 Å². The molecule has 1 aromatic heterocycles. The lowest BCUT2D eigenvalue weighted by Crippen LogP contribution is -2.21. The number of nitro benzene ring substituents is 1. The van der Waals surface area contributed by atoms with E-state index in [1.807, 2.05) is 18.2 Å². The van der Waals surface area contributed by atoms with E-state index in [0.717, 1.165) is 10.3 Å². The monoisotopic (exact) mass is 346 g/mol. The number of nitrogens with zero attached hydrogens (tertiary/aromatic N) is 1. The summed E-state index contributed by atoms with van der Waals surface area (Å²) < 4.78 is 0.832. The van der Waals surface area contributed by atoms with Crippen molar-refractivity contribution in [2.45, 2.75) is 6.54 Å². The molecule has 0 aliphatic carbocycles. The molecule has 3 rings (SSSR count). The lowest BCUT2D eigenvalue weighted by Gasteiger charge is -2.05. The third-order valence-corrected chi connectivity index (χ3v) is 4.82. The zero-order valence-corrected chi connectivity index (χ0v) is 13.4. The first-order valence-corrected chi connectivity index (χ1v) is 7.93. The molecule has 0 aliphatic rings. The summed E-state index contributed by atoms with van der Waals surface area (Å²) in [4.78, 5) is 23.1. The summed E-state index contributed by atoms with van der Waals surface area (Å²) in [6.07, 6.45) is 0. The van der Waals surface area contributed by atoms with Crippen LogP contribution in [0.2, 0.25) is 5.02 Å². The summed E-state index contributed by atoms with van der Waals surface area (Å²) in [5.74, 6) is -0.228. The molecule has 1 heterocycles. The van der Waals surface area contributed by atoms with Crippen molar-refractivity contribution >= 4 is 44.6 Å². The topological polar surface area (TPSA) is 72.2 Å². The standard InChI is InChI=1S/C16H11ClN2O3S/c17-13-4-2-1-3-10(13)9-18-16(20)15-8-11-7-12(19(21)22)5-6-14(11)23-15/h1-8H,9H2,(H,18,20). The maximum absolute atomic E-state index is 12.2. The van der Waals surface area contributed by atoms with Crippen molar-refractivity contribution in [3.8, 4) is 0 Å². The normalized spacial score (nSPS) is 10.7. The fraction of sp³-hybridized carbons (Fsp3) is 0.0625. The Balaban J connectivity index is 1.78. The minimum Gasteiger partial charge on any atom is -0.347 e. The Morgan fingerprint density at radius 1 is 1.22 bits per heavy atom. The number of fused-ring (bicyclic) bond motifs is 1. The molecule has 5 nitrogen and oxygen atoms in total. The van der Waals surface area contributed by atoms with Gasteiger partial charge in [0.15, 0.2) is 0 Å². The van der Waals surface area contributed by atoms with Gasteiger partial charge in [0.2, 0.25) is 0 Å². The van der Waals surface area contributed by atoms with E-state index >= 15 is 0 Å². The lowest BCUT2D eigenvalue weighted by atomic mass is 10.2. The zero-order valence-electron chi connectivity index (χ0n) is 11.8. The predicted octanol–water partition coefficient (Wildman–Crippen LogP) is 4.39. The minimum absolute atomic E-state index is 0.0123. The van der Waals surface area contributed by atoms with E-state index in [1.54, 1.807) is 18.2 Å². The van der Waals surface area contributed by atoms with Crippen LogP contribution in [0.25, 0.3) is 10.1 Å². The van der Waals surface area contributed by atoms with Crippen LogP contribution >= 0.6 is 22.9 Å². The molecular weight excluding hydrogens is 336 g/mol. The third-order valence-electron chi connectivity index (χ3n) is 3.33. The molecule has 2 aromatic carbocycles. The first-order valence-electron chi connectivity index (χ1n) is 6.74. The Labute approximate surface area is 140 Å². The van der Waals surface area contributed by atoms with Crippen LogP contribution in [-0.4, -0.2) is 10.8 Å². The van der Waals surface area contributed by atoms with Crippen molar-refractivity contribution in [2.75, 3.05) is 0 Å². The highest BCUT2D eigenvalue weighted by Gasteiger charge is 2.13. The summed E-state index contributed by atoms with van der Waals surface area (Å²) in [6.45, 7) is 0.326. The van der Waals surface area contributed by atoms with E-state index < -0.39 is 4.92 Å². The molecule has 1 amide bonds. The molecule has 3 aromatic rings. The van der Waals surface area contributed by atoms with Crippen molar-refractivity contribution in [2.24, 2.45) is 0 Å².